The molecule has 16 heavy (non-hydrogen) atoms. The first-order chi connectivity index (χ1) is 7.76. The first-order valence-electron chi connectivity index (χ1n) is 4.95. The van der Waals surface area contributed by atoms with Crippen LogP contribution in [-0.4, -0.2) is 22.5 Å². The van der Waals surface area contributed by atoms with Crippen molar-refractivity contribution in [3.05, 3.63) is 29.6 Å². The summed E-state index contributed by atoms with van der Waals surface area (Å²) < 4.78 is 5.00. The minimum absolute atomic E-state index is 0.304. The minimum atomic E-state index is -0.304. The van der Waals surface area contributed by atoms with Gasteiger partial charge in [-0.05, 0) is 24.6 Å². The van der Waals surface area contributed by atoms with Crippen LogP contribution in [0.25, 0.3) is 11.0 Å². The quantitative estimate of drug-likeness (QED) is 0.696. The maximum atomic E-state index is 11.7. The largest absolute Gasteiger partial charge is 0.462 e. The van der Waals surface area contributed by atoms with E-state index in [-0.39, 0.29) is 5.97 Å². The molecule has 2 aromatic rings. The summed E-state index contributed by atoms with van der Waals surface area (Å²) in [7, 11) is 0. The van der Waals surface area contributed by atoms with Gasteiger partial charge in [-0.25, -0.2) is 9.78 Å². The highest BCUT2D eigenvalue weighted by Crippen LogP contribution is 2.20. The molecule has 1 aromatic carbocycles. The zero-order valence-electron chi connectivity index (χ0n) is 8.79. The molecule has 84 valence electrons. The van der Waals surface area contributed by atoms with Crippen LogP contribution >= 0.6 is 15.9 Å². The molecular formula is C11H11BrN2O2. The molecule has 0 unspecified atom stereocenters. The molecule has 0 aliphatic heterocycles. The second-order valence-corrected chi connectivity index (χ2v) is 3.84. The number of aromatic nitrogens is 2. The monoisotopic (exact) mass is 282 g/mol. The molecule has 0 aliphatic rings. The van der Waals surface area contributed by atoms with Crippen LogP contribution < -0.4 is 0 Å². The van der Waals surface area contributed by atoms with E-state index >= 15 is 0 Å². The fourth-order valence-corrected chi connectivity index (χ4v) is 2.00. The first kappa shape index (κ1) is 11.1. The number of nitrogens with zero attached hydrogens (tertiary/aromatic N) is 1. The van der Waals surface area contributed by atoms with Crippen molar-refractivity contribution < 1.29 is 9.53 Å². The third-order valence-electron chi connectivity index (χ3n) is 2.28. The molecule has 0 saturated heterocycles. The van der Waals surface area contributed by atoms with Crippen LogP contribution in [0.4, 0.5) is 0 Å². The molecule has 1 heterocycles. The molecule has 0 atom stereocenters. The lowest BCUT2D eigenvalue weighted by atomic mass is 10.1. The summed E-state index contributed by atoms with van der Waals surface area (Å²) in [5.74, 6) is -0.304. The first-order valence-corrected chi connectivity index (χ1v) is 6.07. The zero-order valence-corrected chi connectivity index (χ0v) is 10.4. The lowest BCUT2D eigenvalue weighted by Crippen LogP contribution is -2.07. The predicted molar refractivity (Wildman–Crippen MR) is 64.7 cm³/mol. The lowest BCUT2D eigenvalue weighted by molar-refractivity contribution is 0.0525. The van der Waals surface area contributed by atoms with Gasteiger partial charge in [0.05, 0.1) is 29.5 Å². The molecule has 5 heteroatoms. The number of ether oxygens (including phenoxy) is 1. The van der Waals surface area contributed by atoms with E-state index in [4.69, 9.17) is 4.74 Å². The topological polar surface area (TPSA) is 55.0 Å². The molecule has 1 N–H and O–H groups in total. The number of hydrogen-bond donors (Lipinski definition) is 1. The summed E-state index contributed by atoms with van der Waals surface area (Å²) in [5, 5.41) is 0.607. The molecule has 0 radical (unpaired) electrons. The summed E-state index contributed by atoms with van der Waals surface area (Å²) in [4.78, 5) is 18.8. The molecule has 1 aromatic heterocycles. The van der Waals surface area contributed by atoms with Crippen LogP contribution in [0.5, 0.6) is 0 Å². The van der Waals surface area contributed by atoms with Crippen molar-refractivity contribution in [2.24, 2.45) is 0 Å². The molecular weight excluding hydrogens is 272 g/mol. The molecule has 2 rings (SSSR count). The highest BCUT2D eigenvalue weighted by molar-refractivity contribution is 9.08. The van der Waals surface area contributed by atoms with Crippen molar-refractivity contribution in [3.63, 3.8) is 0 Å². The Labute approximate surface area is 101 Å². The second-order valence-electron chi connectivity index (χ2n) is 3.28. The SMILES string of the molecule is CCOC(=O)c1cc2nc[nH]c2cc1CBr. The number of carbonyl (C=O) groups excluding carboxylic acids is 1. The van der Waals surface area contributed by atoms with Gasteiger partial charge in [-0.15, -0.1) is 0 Å². The van der Waals surface area contributed by atoms with Crippen LogP contribution in [0.1, 0.15) is 22.8 Å². The summed E-state index contributed by atoms with van der Waals surface area (Å²) >= 11 is 3.36. The van der Waals surface area contributed by atoms with Gasteiger partial charge in [0, 0.05) is 5.33 Å². The van der Waals surface area contributed by atoms with Crippen molar-refractivity contribution in [3.8, 4) is 0 Å². The molecule has 0 spiro atoms. The molecule has 0 bridgehead atoms. The van der Waals surface area contributed by atoms with Gasteiger partial charge in [0.25, 0.3) is 0 Å². The van der Waals surface area contributed by atoms with Crippen molar-refractivity contribution in [1.82, 2.24) is 9.97 Å². The number of carbonyl (C=O) groups is 1. The number of H-pyrrole nitrogens is 1. The number of esters is 1. The zero-order chi connectivity index (χ0) is 11.5. The number of rotatable bonds is 3. The van der Waals surface area contributed by atoms with Crippen LogP contribution in [0.3, 0.4) is 0 Å². The maximum Gasteiger partial charge on any atom is 0.338 e. The number of imidazole rings is 1. The predicted octanol–water partition coefficient (Wildman–Crippen LogP) is 2.63. The Morgan fingerprint density at radius 2 is 2.38 bits per heavy atom. The van der Waals surface area contributed by atoms with Gasteiger partial charge in [0.2, 0.25) is 0 Å². The fourth-order valence-electron chi connectivity index (χ4n) is 1.54. The average Bonchev–Trinajstić information content (AvgIpc) is 2.74. The van der Waals surface area contributed by atoms with Crippen LogP contribution in [0, 0.1) is 0 Å². The third-order valence-corrected chi connectivity index (χ3v) is 2.89. The molecule has 0 fully saturated rings. The highest BCUT2D eigenvalue weighted by Gasteiger charge is 2.13. The number of aromatic amines is 1. The Morgan fingerprint density at radius 1 is 1.56 bits per heavy atom. The van der Waals surface area contributed by atoms with E-state index in [1.807, 2.05) is 6.07 Å². The van der Waals surface area contributed by atoms with E-state index in [1.165, 1.54) is 0 Å². The number of benzene rings is 1. The number of fused-ring (bicyclic) bond motifs is 1. The van der Waals surface area contributed by atoms with E-state index in [0.717, 1.165) is 16.6 Å². The smallest absolute Gasteiger partial charge is 0.338 e. The van der Waals surface area contributed by atoms with Crippen molar-refractivity contribution >= 4 is 32.9 Å². The maximum absolute atomic E-state index is 11.7. The van der Waals surface area contributed by atoms with Gasteiger partial charge >= 0.3 is 5.97 Å². The van der Waals surface area contributed by atoms with E-state index in [0.29, 0.717) is 17.5 Å². The lowest BCUT2D eigenvalue weighted by Gasteiger charge is -2.06. The van der Waals surface area contributed by atoms with Gasteiger partial charge in [-0.3, -0.25) is 0 Å². The highest BCUT2D eigenvalue weighted by atomic mass is 79.9. The molecule has 0 aliphatic carbocycles. The van der Waals surface area contributed by atoms with Gasteiger partial charge < -0.3 is 9.72 Å². The van der Waals surface area contributed by atoms with Crippen molar-refractivity contribution in [2.45, 2.75) is 12.3 Å². The second kappa shape index (κ2) is 4.65. The number of hydrogen-bond acceptors (Lipinski definition) is 3. The fraction of sp³-hybridized carbons (Fsp3) is 0.273. The van der Waals surface area contributed by atoms with Crippen LogP contribution in [0.15, 0.2) is 18.5 Å². The Hall–Kier alpha value is -1.36. The van der Waals surface area contributed by atoms with Gasteiger partial charge in [0.1, 0.15) is 0 Å². The Morgan fingerprint density at radius 3 is 3.06 bits per heavy atom. The van der Waals surface area contributed by atoms with Crippen LogP contribution in [-0.2, 0) is 10.1 Å². The average molecular weight is 283 g/mol. The number of alkyl halides is 1. The number of nitrogens with one attached hydrogen (secondary N) is 1. The van der Waals surface area contributed by atoms with E-state index < -0.39 is 0 Å². The van der Waals surface area contributed by atoms with E-state index in [2.05, 4.69) is 25.9 Å². The van der Waals surface area contributed by atoms with Crippen molar-refractivity contribution in [1.29, 1.82) is 0 Å². The van der Waals surface area contributed by atoms with E-state index in [1.54, 1.807) is 19.3 Å². The Bertz CT molecular complexity index is 522. The van der Waals surface area contributed by atoms with E-state index in [9.17, 15) is 4.79 Å². The Kier molecular flexibility index (Phi) is 3.24. The van der Waals surface area contributed by atoms with Crippen molar-refractivity contribution in [2.75, 3.05) is 6.61 Å². The van der Waals surface area contributed by atoms with Gasteiger partial charge in [0.15, 0.2) is 0 Å². The molecule has 0 saturated carbocycles. The van der Waals surface area contributed by atoms with Gasteiger partial charge in [-0.1, -0.05) is 15.9 Å². The number of halogens is 1. The van der Waals surface area contributed by atoms with Crippen LogP contribution in [0.2, 0.25) is 0 Å². The summed E-state index contributed by atoms with van der Waals surface area (Å²) in [6.07, 6.45) is 1.61. The summed E-state index contributed by atoms with van der Waals surface area (Å²) in [6, 6.07) is 3.66. The standard InChI is InChI=1S/C11H11BrN2O2/c1-2-16-11(15)8-4-10-9(13-6-14-10)3-7(8)5-12/h3-4,6H,2,5H2,1H3,(H,13,14). The summed E-state index contributed by atoms with van der Waals surface area (Å²) in [6.45, 7) is 2.16. The van der Waals surface area contributed by atoms with Gasteiger partial charge in [-0.2, -0.15) is 0 Å². The molecule has 0 amide bonds. The normalized spacial score (nSPS) is 10.6. The minimum Gasteiger partial charge on any atom is -0.462 e. The third kappa shape index (κ3) is 1.95. The Balaban J connectivity index is 2.52. The summed E-state index contributed by atoms with van der Waals surface area (Å²) in [5.41, 5.74) is 3.16. The molecule has 4 nitrogen and oxygen atoms in total.